The van der Waals surface area contributed by atoms with Crippen LogP contribution in [0.3, 0.4) is 0 Å². The van der Waals surface area contributed by atoms with E-state index in [9.17, 15) is 14.4 Å². The van der Waals surface area contributed by atoms with Gasteiger partial charge in [-0.1, -0.05) is 20.8 Å². The third-order valence-electron chi connectivity index (χ3n) is 4.51. The molecule has 0 bridgehead atoms. The molecule has 1 N–H and O–H groups in total. The van der Waals surface area contributed by atoms with Gasteiger partial charge < -0.3 is 15.0 Å². The molecule has 0 saturated heterocycles. The summed E-state index contributed by atoms with van der Waals surface area (Å²) in [6.07, 6.45) is 0.841. The summed E-state index contributed by atoms with van der Waals surface area (Å²) in [5, 5.41) is 5.45. The van der Waals surface area contributed by atoms with Gasteiger partial charge in [0.05, 0.1) is 5.00 Å². The van der Waals surface area contributed by atoms with Crippen molar-refractivity contribution in [2.75, 3.05) is 18.5 Å². The van der Waals surface area contributed by atoms with E-state index in [1.54, 1.807) is 29.2 Å². The predicted molar refractivity (Wildman–Crippen MR) is 111 cm³/mol. The molecule has 1 aliphatic heterocycles. The number of anilines is 1. The Labute approximate surface area is 172 Å². The molecule has 0 spiro atoms. The van der Waals surface area contributed by atoms with Crippen molar-refractivity contribution in [2.45, 2.75) is 40.7 Å². The van der Waals surface area contributed by atoms with E-state index in [0.717, 1.165) is 17.8 Å². The molecule has 0 radical (unpaired) electrons. The van der Waals surface area contributed by atoms with Crippen molar-refractivity contribution in [1.82, 2.24) is 4.90 Å². The summed E-state index contributed by atoms with van der Waals surface area (Å²) >= 11 is 2.87. The van der Waals surface area contributed by atoms with Crippen LogP contribution in [0.15, 0.2) is 17.5 Å². The fourth-order valence-electron chi connectivity index (χ4n) is 2.79. The fraction of sp³-hybridized carbons (Fsp3) is 0.450. The molecule has 28 heavy (non-hydrogen) atoms. The van der Waals surface area contributed by atoms with Gasteiger partial charge in [0.2, 0.25) is 5.91 Å². The zero-order chi connectivity index (χ0) is 20.5. The van der Waals surface area contributed by atoms with E-state index in [0.29, 0.717) is 28.5 Å². The second kappa shape index (κ2) is 8.05. The normalized spacial score (nSPS) is 13.8. The van der Waals surface area contributed by atoms with E-state index < -0.39 is 11.4 Å². The molecule has 0 unspecified atom stereocenters. The monoisotopic (exact) mass is 420 g/mol. The van der Waals surface area contributed by atoms with Gasteiger partial charge in [0, 0.05) is 23.4 Å². The number of ether oxygens (including phenoxy) is 1. The highest BCUT2D eigenvalue weighted by molar-refractivity contribution is 7.18. The van der Waals surface area contributed by atoms with Crippen molar-refractivity contribution in [3.8, 4) is 0 Å². The summed E-state index contributed by atoms with van der Waals surface area (Å²) in [5.41, 5.74) is 1.36. The highest BCUT2D eigenvalue weighted by Crippen LogP contribution is 2.29. The van der Waals surface area contributed by atoms with Gasteiger partial charge in [-0.3, -0.25) is 9.59 Å². The summed E-state index contributed by atoms with van der Waals surface area (Å²) in [5.74, 6) is -0.859. The molecule has 3 rings (SSSR count). The number of nitrogens with one attached hydrogen (secondary N) is 1. The van der Waals surface area contributed by atoms with E-state index in [4.69, 9.17) is 4.74 Å². The molecule has 2 amide bonds. The first-order valence-electron chi connectivity index (χ1n) is 9.07. The van der Waals surface area contributed by atoms with E-state index in [-0.39, 0.29) is 18.4 Å². The van der Waals surface area contributed by atoms with Crippen molar-refractivity contribution in [2.24, 2.45) is 5.41 Å². The zero-order valence-corrected chi connectivity index (χ0v) is 18.1. The molecule has 2 aromatic heterocycles. The number of aryl methyl sites for hydroxylation is 1. The van der Waals surface area contributed by atoms with Crippen LogP contribution < -0.4 is 5.32 Å². The molecular formula is C20H24N2O4S2. The molecule has 0 saturated carbocycles. The van der Waals surface area contributed by atoms with Crippen LogP contribution in [0, 0.1) is 12.3 Å². The zero-order valence-electron chi connectivity index (χ0n) is 16.5. The fourth-order valence-corrected chi connectivity index (χ4v) is 4.64. The van der Waals surface area contributed by atoms with Crippen LogP contribution in [0.1, 0.15) is 46.4 Å². The number of esters is 1. The molecule has 2 aromatic rings. The number of amides is 2. The van der Waals surface area contributed by atoms with Gasteiger partial charge in [0.1, 0.15) is 4.88 Å². The lowest BCUT2D eigenvalue weighted by molar-refractivity contribution is -0.135. The number of hydrogen-bond donors (Lipinski definition) is 1. The quantitative estimate of drug-likeness (QED) is 0.763. The van der Waals surface area contributed by atoms with Crippen LogP contribution in [0.4, 0.5) is 5.00 Å². The van der Waals surface area contributed by atoms with Crippen LogP contribution >= 0.6 is 22.7 Å². The molecule has 3 heterocycles. The van der Waals surface area contributed by atoms with Crippen molar-refractivity contribution in [1.29, 1.82) is 0 Å². The van der Waals surface area contributed by atoms with Gasteiger partial charge in [0.25, 0.3) is 5.91 Å². The summed E-state index contributed by atoms with van der Waals surface area (Å²) in [4.78, 5) is 40.4. The van der Waals surface area contributed by atoms with Crippen LogP contribution in [-0.2, 0) is 27.3 Å². The number of rotatable bonds is 4. The SMILES string of the molecule is Cc1cc(NC(=O)C(C)(C)C)sc1C(=O)OCC(=O)N1CCc2sccc2C1. The first-order chi connectivity index (χ1) is 13.1. The number of hydrogen-bond acceptors (Lipinski definition) is 6. The number of carbonyl (C=O) groups excluding carboxylic acids is 3. The Hall–Kier alpha value is -2.19. The second-order valence-electron chi connectivity index (χ2n) is 7.84. The number of fused-ring (bicyclic) bond motifs is 1. The van der Waals surface area contributed by atoms with Crippen LogP contribution in [0.25, 0.3) is 0 Å². The highest BCUT2D eigenvalue weighted by Gasteiger charge is 2.25. The highest BCUT2D eigenvalue weighted by atomic mass is 32.1. The maximum atomic E-state index is 12.4. The number of thiophene rings is 2. The topological polar surface area (TPSA) is 75.7 Å². The van der Waals surface area contributed by atoms with Crippen LogP contribution in [0.2, 0.25) is 0 Å². The van der Waals surface area contributed by atoms with Crippen molar-refractivity contribution < 1.29 is 19.1 Å². The smallest absolute Gasteiger partial charge is 0.349 e. The van der Waals surface area contributed by atoms with E-state index in [2.05, 4.69) is 5.32 Å². The van der Waals surface area contributed by atoms with Gasteiger partial charge in [0.15, 0.2) is 6.61 Å². The molecule has 6 nitrogen and oxygen atoms in total. The second-order valence-corrected chi connectivity index (χ2v) is 9.89. The summed E-state index contributed by atoms with van der Waals surface area (Å²) < 4.78 is 5.25. The Kier molecular flexibility index (Phi) is 5.90. The number of nitrogens with zero attached hydrogens (tertiary/aromatic N) is 1. The van der Waals surface area contributed by atoms with Crippen molar-refractivity contribution >= 4 is 45.5 Å². The first kappa shape index (κ1) is 20.5. The average Bonchev–Trinajstić information content (AvgIpc) is 3.24. The van der Waals surface area contributed by atoms with E-state index >= 15 is 0 Å². The Morgan fingerprint density at radius 2 is 2.04 bits per heavy atom. The molecule has 0 aliphatic carbocycles. The molecule has 0 atom stereocenters. The summed E-state index contributed by atoms with van der Waals surface area (Å²) in [6.45, 7) is 8.18. The molecule has 150 valence electrons. The standard InChI is InChI=1S/C20H24N2O4S2/c1-12-9-15(21-19(25)20(2,3)4)28-17(12)18(24)26-11-16(23)22-7-5-14-13(10-22)6-8-27-14/h6,8-9H,5,7,10-11H2,1-4H3,(H,21,25). The average molecular weight is 421 g/mol. The minimum absolute atomic E-state index is 0.123. The molecule has 0 fully saturated rings. The third-order valence-corrected chi connectivity index (χ3v) is 6.66. The van der Waals surface area contributed by atoms with Gasteiger partial charge >= 0.3 is 5.97 Å². The van der Waals surface area contributed by atoms with Crippen LogP contribution in [0.5, 0.6) is 0 Å². The Balaban J connectivity index is 1.56. The molecule has 8 heteroatoms. The van der Waals surface area contributed by atoms with Gasteiger partial charge in [-0.2, -0.15) is 0 Å². The Bertz CT molecular complexity index is 908. The van der Waals surface area contributed by atoms with Crippen molar-refractivity contribution in [3.63, 3.8) is 0 Å². The summed E-state index contributed by atoms with van der Waals surface area (Å²) in [7, 11) is 0. The molecule has 0 aromatic carbocycles. The Morgan fingerprint density at radius 3 is 2.75 bits per heavy atom. The predicted octanol–water partition coefficient (Wildman–Crippen LogP) is 3.84. The number of carbonyl (C=O) groups is 3. The minimum Gasteiger partial charge on any atom is -0.451 e. The molecule has 1 aliphatic rings. The minimum atomic E-state index is -0.541. The maximum absolute atomic E-state index is 12.4. The van der Waals surface area contributed by atoms with Gasteiger partial charge in [-0.05, 0) is 42.0 Å². The lowest BCUT2D eigenvalue weighted by Crippen LogP contribution is -2.38. The van der Waals surface area contributed by atoms with Crippen molar-refractivity contribution in [3.05, 3.63) is 38.4 Å². The Morgan fingerprint density at radius 1 is 1.29 bits per heavy atom. The lowest BCUT2D eigenvalue weighted by atomic mass is 9.96. The third kappa shape index (κ3) is 4.62. The van der Waals surface area contributed by atoms with Crippen LogP contribution in [-0.4, -0.2) is 35.8 Å². The van der Waals surface area contributed by atoms with E-state index in [1.165, 1.54) is 10.4 Å². The largest absolute Gasteiger partial charge is 0.451 e. The first-order valence-corrected chi connectivity index (χ1v) is 10.8. The van der Waals surface area contributed by atoms with E-state index in [1.807, 2.05) is 32.2 Å². The maximum Gasteiger partial charge on any atom is 0.349 e. The lowest BCUT2D eigenvalue weighted by Gasteiger charge is -2.26. The molecular weight excluding hydrogens is 396 g/mol. The van der Waals surface area contributed by atoms with Gasteiger partial charge in [-0.25, -0.2) is 4.79 Å². The van der Waals surface area contributed by atoms with Gasteiger partial charge in [-0.15, -0.1) is 22.7 Å². The summed E-state index contributed by atoms with van der Waals surface area (Å²) in [6, 6.07) is 3.78.